The van der Waals surface area contributed by atoms with Gasteiger partial charge in [-0.3, -0.25) is 0 Å². The largest absolute Gasteiger partial charge is 0.240 e. The fraction of sp³-hybridized carbons (Fsp3) is 0.143. The minimum Gasteiger partial charge on any atom is -0.219 e. The average molecular weight is 529 g/mol. The van der Waals surface area contributed by atoms with Crippen LogP contribution in [0.4, 0.5) is 0 Å². The number of hydrogen-bond donors (Lipinski definition) is 1. The number of sulfonamides is 1. The zero-order valence-corrected chi connectivity index (χ0v) is 19.9. The number of benzene rings is 3. The molecule has 158 valence electrons. The summed E-state index contributed by atoms with van der Waals surface area (Å²) in [5.41, 5.74) is 1.44. The lowest BCUT2D eigenvalue weighted by molar-refractivity contribution is 0.580. The van der Waals surface area contributed by atoms with Crippen LogP contribution in [0.2, 0.25) is 5.02 Å². The average Bonchev–Trinajstić information content (AvgIpc) is 2.70. The molecule has 0 aliphatic rings. The second kappa shape index (κ2) is 9.20. The van der Waals surface area contributed by atoms with Crippen molar-refractivity contribution in [2.45, 2.75) is 28.0 Å². The second-order valence-corrected chi connectivity index (χ2v) is 11.7. The van der Waals surface area contributed by atoms with Crippen molar-refractivity contribution >= 4 is 47.4 Å². The highest BCUT2D eigenvalue weighted by molar-refractivity contribution is 9.10. The number of rotatable bonds is 7. The van der Waals surface area contributed by atoms with Crippen LogP contribution in [0.3, 0.4) is 0 Å². The molecule has 0 heterocycles. The first kappa shape index (κ1) is 23.0. The van der Waals surface area contributed by atoms with Crippen molar-refractivity contribution in [2.24, 2.45) is 0 Å². The summed E-state index contributed by atoms with van der Waals surface area (Å²) in [6, 6.07) is 17.4. The first-order valence-electron chi connectivity index (χ1n) is 8.95. The Morgan fingerprint density at radius 2 is 1.47 bits per heavy atom. The fourth-order valence-corrected chi connectivity index (χ4v) is 5.90. The fourth-order valence-electron chi connectivity index (χ4n) is 2.85. The van der Waals surface area contributed by atoms with Gasteiger partial charge in [0.05, 0.1) is 14.7 Å². The minimum atomic E-state index is -3.89. The molecule has 0 unspecified atom stereocenters. The monoisotopic (exact) mass is 527 g/mol. The molecule has 3 rings (SSSR count). The van der Waals surface area contributed by atoms with Gasteiger partial charge in [-0.15, -0.1) is 0 Å². The van der Waals surface area contributed by atoms with Crippen LogP contribution in [-0.2, 0) is 26.3 Å². The summed E-state index contributed by atoms with van der Waals surface area (Å²) in [5.74, 6) is 0. The van der Waals surface area contributed by atoms with Gasteiger partial charge < -0.3 is 0 Å². The molecular formula is C21H19BrClNO4S2. The van der Waals surface area contributed by atoms with Crippen molar-refractivity contribution in [3.05, 3.63) is 87.4 Å². The van der Waals surface area contributed by atoms with Crippen LogP contribution in [0, 0.1) is 6.92 Å². The van der Waals surface area contributed by atoms with Gasteiger partial charge in [0.15, 0.2) is 0 Å². The molecule has 9 heteroatoms. The Bertz CT molecular complexity index is 1260. The zero-order valence-electron chi connectivity index (χ0n) is 16.0. The zero-order chi connectivity index (χ0) is 21.9. The smallest absolute Gasteiger partial charge is 0.219 e. The molecule has 0 bridgehead atoms. The van der Waals surface area contributed by atoms with Crippen LogP contribution < -0.4 is 4.72 Å². The molecular weight excluding hydrogens is 510 g/mol. The molecule has 0 aromatic heterocycles. The molecule has 0 aliphatic heterocycles. The number of aryl methyl sites for hydroxylation is 1. The van der Waals surface area contributed by atoms with Crippen molar-refractivity contribution in [3.8, 4) is 0 Å². The summed E-state index contributed by atoms with van der Waals surface area (Å²) in [7, 11) is -7.76. The Labute approximate surface area is 190 Å². The lowest BCUT2D eigenvalue weighted by Crippen LogP contribution is -2.27. The molecule has 30 heavy (non-hydrogen) atoms. The first-order valence-corrected chi connectivity index (χ1v) is 13.1. The molecule has 0 spiro atoms. The third-order valence-electron chi connectivity index (χ3n) is 4.50. The van der Waals surface area contributed by atoms with Gasteiger partial charge in [-0.1, -0.05) is 45.7 Å². The van der Waals surface area contributed by atoms with Crippen molar-refractivity contribution in [2.75, 3.05) is 6.54 Å². The van der Waals surface area contributed by atoms with E-state index in [9.17, 15) is 16.8 Å². The summed E-state index contributed by atoms with van der Waals surface area (Å²) in [4.78, 5) is -0.112. The summed E-state index contributed by atoms with van der Waals surface area (Å²) in [6.45, 7) is 1.82. The van der Waals surface area contributed by atoms with Crippen LogP contribution >= 0.6 is 27.5 Å². The quantitative estimate of drug-likeness (QED) is 0.479. The molecule has 0 saturated heterocycles. The third kappa shape index (κ3) is 5.31. The molecule has 5 nitrogen and oxygen atoms in total. The van der Waals surface area contributed by atoms with Crippen molar-refractivity contribution < 1.29 is 16.8 Å². The van der Waals surface area contributed by atoms with Gasteiger partial charge in [-0.25, -0.2) is 21.6 Å². The van der Waals surface area contributed by atoms with Crippen molar-refractivity contribution in [1.82, 2.24) is 4.72 Å². The van der Waals surface area contributed by atoms with Gasteiger partial charge >= 0.3 is 0 Å². The molecule has 0 amide bonds. The van der Waals surface area contributed by atoms with Gasteiger partial charge in [-0.05, 0) is 73.0 Å². The highest BCUT2D eigenvalue weighted by atomic mass is 79.9. The molecule has 0 radical (unpaired) electrons. The van der Waals surface area contributed by atoms with E-state index in [0.29, 0.717) is 17.0 Å². The van der Waals surface area contributed by atoms with E-state index in [2.05, 4.69) is 20.7 Å². The Kier molecular flexibility index (Phi) is 7.04. The number of halogens is 2. The maximum Gasteiger partial charge on any atom is 0.240 e. The van der Waals surface area contributed by atoms with Gasteiger partial charge in [0, 0.05) is 16.0 Å². The Hall–Kier alpha value is -1.71. The second-order valence-electron chi connectivity index (χ2n) is 6.66. The SMILES string of the molecule is Cc1ccc(S(=O)(=O)c2ccc(Cl)cc2)cc1S(=O)(=O)NCCc1ccc(Br)cc1. The lowest BCUT2D eigenvalue weighted by Gasteiger charge is -2.12. The standard InChI is InChI=1S/C21H19BrClNO4S2/c1-15-2-9-20(29(25,26)19-10-7-18(23)8-11-19)14-21(15)30(27,28)24-13-12-16-3-5-17(22)6-4-16/h2-11,14,24H,12-13H2,1H3. The molecule has 0 fully saturated rings. The maximum absolute atomic E-state index is 12.9. The van der Waals surface area contributed by atoms with Crippen LogP contribution in [0.5, 0.6) is 0 Å². The molecule has 0 aliphatic carbocycles. The van der Waals surface area contributed by atoms with E-state index in [-0.39, 0.29) is 21.2 Å². The molecule has 0 saturated carbocycles. The van der Waals surface area contributed by atoms with E-state index in [0.717, 1.165) is 10.0 Å². The summed E-state index contributed by atoms with van der Waals surface area (Å²) < 4.78 is 55.0. The Morgan fingerprint density at radius 1 is 0.867 bits per heavy atom. The minimum absolute atomic E-state index is 0.0438. The predicted octanol–water partition coefficient (Wildman–Crippen LogP) is 4.76. The summed E-state index contributed by atoms with van der Waals surface area (Å²) in [5, 5.41) is 0.413. The van der Waals surface area contributed by atoms with Gasteiger partial charge in [-0.2, -0.15) is 0 Å². The number of hydrogen-bond acceptors (Lipinski definition) is 4. The molecule has 3 aromatic rings. The predicted molar refractivity (Wildman–Crippen MR) is 121 cm³/mol. The third-order valence-corrected chi connectivity index (χ3v) is 8.65. The van der Waals surface area contributed by atoms with Crippen molar-refractivity contribution in [1.29, 1.82) is 0 Å². The highest BCUT2D eigenvalue weighted by Gasteiger charge is 2.23. The number of nitrogens with one attached hydrogen (secondary N) is 1. The molecule has 3 aromatic carbocycles. The van der Waals surface area contributed by atoms with E-state index < -0.39 is 19.9 Å². The van der Waals surface area contributed by atoms with Crippen molar-refractivity contribution in [3.63, 3.8) is 0 Å². The Balaban J connectivity index is 1.84. The first-order chi connectivity index (χ1) is 14.1. The normalized spacial score (nSPS) is 12.1. The van der Waals surface area contributed by atoms with E-state index in [1.54, 1.807) is 6.92 Å². The molecule has 1 N–H and O–H groups in total. The van der Waals surface area contributed by atoms with Gasteiger partial charge in [0.2, 0.25) is 19.9 Å². The van der Waals surface area contributed by atoms with Crippen LogP contribution in [-0.4, -0.2) is 23.4 Å². The van der Waals surface area contributed by atoms with Gasteiger partial charge in [0.25, 0.3) is 0 Å². The lowest BCUT2D eigenvalue weighted by atomic mass is 10.2. The van der Waals surface area contributed by atoms with Crippen LogP contribution in [0.15, 0.2) is 85.9 Å². The summed E-state index contributed by atoms with van der Waals surface area (Å²) >= 11 is 9.19. The highest BCUT2D eigenvalue weighted by Crippen LogP contribution is 2.26. The maximum atomic E-state index is 12.9. The summed E-state index contributed by atoms with van der Waals surface area (Å²) in [6.07, 6.45) is 0.508. The van der Waals surface area contributed by atoms with Crippen LogP contribution in [0.1, 0.15) is 11.1 Å². The Morgan fingerprint density at radius 3 is 2.10 bits per heavy atom. The van der Waals surface area contributed by atoms with Crippen LogP contribution in [0.25, 0.3) is 0 Å². The van der Waals surface area contributed by atoms with E-state index in [4.69, 9.17) is 11.6 Å². The van der Waals surface area contributed by atoms with E-state index >= 15 is 0 Å². The number of sulfone groups is 1. The van der Waals surface area contributed by atoms with E-state index in [1.165, 1.54) is 42.5 Å². The van der Waals surface area contributed by atoms with E-state index in [1.807, 2.05) is 24.3 Å². The van der Waals surface area contributed by atoms with Gasteiger partial charge in [0.1, 0.15) is 0 Å². The molecule has 0 atom stereocenters. The topological polar surface area (TPSA) is 80.3 Å².